The Bertz CT molecular complexity index is 138. The van der Waals surface area contributed by atoms with E-state index in [1.54, 1.807) is 0 Å². The quantitative estimate of drug-likeness (QED) is 0.470. The Balaban J connectivity index is 3.55. The van der Waals surface area contributed by atoms with E-state index in [1.165, 1.54) is 0 Å². The molecule has 2 heteroatoms. The second-order valence-electron chi connectivity index (χ2n) is 4.21. The monoisotopic (exact) mass is 184 g/mol. The smallest absolute Gasteiger partial charge is 0.166 e. The third kappa shape index (κ3) is 6.37. The molecule has 0 saturated carbocycles. The summed E-state index contributed by atoms with van der Waals surface area (Å²) in [5.74, 6) is 0.319. The predicted octanol–water partition coefficient (Wildman–Crippen LogP) is 2.29. The lowest BCUT2D eigenvalue weighted by atomic mass is 10.2. The van der Waals surface area contributed by atoms with Crippen LogP contribution in [0.4, 0.5) is 0 Å². The molecular formula is C10H20OSi. The van der Waals surface area contributed by atoms with Crippen LogP contribution >= 0.6 is 0 Å². The van der Waals surface area contributed by atoms with Gasteiger partial charge in [-0.25, -0.2) is 0 Å². The maximum absolute atomic E-state index is 5.64. The Morgan fingerprint density at radius 2 is 1.83 bits per heavy atom. The normalized spacial score (nSPS) is 12.7. The highest BCUT2D eigenvalue weighted by atomic mass is 28.2. The topological polar surface area (TPSA) is 9.23 Å². The number of rotatable bonds is 5. The lowest BCUT2D eigenvalue weighted by Crippen LogP contribution is -2.15. The van der Waals surface area contributed by atoms with E-state index in [0.29, 0.717) is 11.0 Å². The van der Waals surface area contributed by atoms with Gasteiger partial charge in [0.2, 0.25) is 0 Å². The van der Waals surface area contributed by atoms with Crippen LogP contribution in [0.25, 0.3) is 0 Å². The molecule has 0 aliphatic heterocycles. The molecule has 70 valence electrons. The minimum absolute atomic E-state index is 0.319. The minimum Gasteiger partial charge on any atom is -0.423 e. The molecule has 0 bridgehead atoms. The number of hydrogen-bond donors (Lipinski definition) is 0. The first-order valence-corrected chi connectivity index (χ1v) is 5.61. The van der Waals surface area contributed by atoms with Gasteiger partial charge in [0.25, 0.3) is 0 Å². The van der Waals surface area contributed by atoms with Gasteiger partial charge in [-0.05, 0) is 5.04 Å². The molecule has 0 aromatic rings. The van der Waals surface area contributed by atoms with Crippen molar-refractivity contribution in [2.45, 2.75) is 25.8 Å². The van der Waals surface area contributed by atoms with Crippen LogP contribution in [0.3, 0.4) is 0 Å². The largest absolute Gasteiger partial charge is 0.423 e. The van der Waals surface area contributed by atoms with Crippen molar-refractivity contribution in [3.63, 3.8) is 0 Å². The average Bonchev–Trinajstić information content (AvgIpc) is 1.96. The molecular weight excluding hydrogens is 164 g/mol. The van der Waals surface area contributed by atoms with E-state index < -0.39 is 9.76 Å². The van der Waals surface area contributed by atoms with Gasteiger partial charge in [0.05, 0.1) is 0 Å². The maximum Gasteiger partial charge on any atom is 0.166 e. The van der Waals surface area contributed by atoms with Crippen LogP contribution in [0.15, 0.2) is 25.3 Å². The van der Waals surface area contributed by atoms with Crippen LogP contribution in [0.1, 0.15) is 20.8 Å². The fraction of sp³-hybridized carbons (Fsp3) is 0.600. The summed E-state index contributed by atoms with van der Waals surface area (Å²) < 4.78 is 5.64. The minimum atomic E-state index is -0.407. The molecule has 0 aliphatic rings. The molecule has 0 aromatic carbocycles. The average molecular weight is 184 g/mol. The van der Waals surface area contributed by atoms with Gasteiger partial charge in [0, 0.05) is 12.5 Å². The zero-order valence-electron chi connectivity index (χ0n) is 8.47. The van der Waals surface area contributed by atoms with Crippen LogP contribution in [-0.2, 0) is 4.43 Å². The predicted molar refractivity (Wildman–Crippen MR) is 58.1 cm³/mol. The summed E-state index contributed by atoms with van der Waals surface area (Å²) in [5.41, 5.74) is 0. The zero-order chi connectivity index (χ0) is 9.61. The van der Waals surface area contributed by atoms with E-state index in [-0.39, 0.29) is 0 Å². The van der Waals surface area contributed by atoms with Crippen molar-refractivity contribution in [3.8, 4) is 0 Å². The van der Waals surface area contributed by atoms with Crippen molar-refractivity contribution in [1.82, 2.24) is 0 Å². The Labute approximate surface area is 78.5 Å². The molecule has 0 unspecified atom stereocenters. The van der Waals surface area contributed by atoms with Crippen LogP contribution in [0, 0.1) is 5.92 Å². The first-order valence-electron chi connectivity index (χ1n) is 4.32. The van der Waals surface area contributed by atoms with Crippen LogP contribution in [0.5, 0.6) is 0 Å². The molecule has 0 rings (SSSR count). The Morgan fingerprint density at radius 3 is 2.17 bits per heavy atom. The molecule has 0 fully saturated rings. The number of hydrogen-bond acceptors (Lipinski definition) is 1. The third-order valence-electron chi connectivity index (χ3n) is 1.45. The Morgan fingerprint density at radius 1 is 1.33 bits per heavy atom. The Hall–Kier alpha value is -0.343. The van der Waals surface area contributed by atoms with Gasteiger partial charge < -0.3 is 4.43 Å². The highest BCUT2D eigenvalue weighted by Crippen LogP contribution is 2.20. The lowest BCUT2D eigenvalue weighted by Gasteiger charge is -2.18. The van der Waals surface area contributed by atoms with Crippen molar-refractivity contribution in [2.24, 2.45) is 5.92 Å². The van der Waals surface area contributed by atoms with Gasteiger partial charge in [-0.1, -0.05) is 32.9 Å². The van der Waals surface area contributed by atoms with E-state index >= 15 is 0 Å². The van der Waals surface area contributed by atoms with E-state index in [1.807, 2.05) is 12.2 Å². The molecule has 0 amide bonds. The van der Waals surface area contributed by atoms with E-state index in [2.05, 4.69) is 33.9 Å². The van der Waals surface area contributed by atoms with Gasteiger partial charge in [-0.3, -0.25) is 0 Å². The molecule has 0 spiro atoms. The molecule has 12 heavy (non-hydrogen) atoms. The maximum atomic E-state index is 5.64. The third-order valence-corrected chi connectivity index (χ3v) is 2.76. The fourth-order valence-corrected chi connectivity index (χ4v) is 1.74. The van der Waals surface area contributed by atoms with Gasteiger partial charge in [0.15, 0.2) is 9.76 Å². The van der Waals surface area contributed by atoms with E-state index in [0.717, 1.165) is 6.61 Å². The highest BCUT2D eigenvalue weighted by molar-refractivity contribution is 6.31. The van der Waals surface area contributed by atoms with Crippen molar-refractivity contribution >= 4 is 9.76 Å². The summed E-state index contributed by atoms with van der Waals surface area (Å²) >= 11 is 0. The van der Waals surface area contributed by atoms with Crippen molar-refractivity contribution in [1.29, 1.82) is 0 Å². The fourth-order valence-electron chi connectivity index (χ4n) is 0.734. The second kappa shape index (κ2) is 5.33. The Kier molecular flexibility index (Phi) is 5.18. The van der Waals surface area contributed by atoms with Crippen LogP contribution in [-0.4, -0.2) is 16.4 Å². The van der Waals surface area contributed by atoms with Crippen molar-refractivity contribution in [3.05, 3.63) is 25.3 Å². The van der Waals surface area contributed by atoms with Crippen LogP contribution < -0.4 is 0 Å². The van der Waals surface area contributed by atoms with Crippen LogP contribution in [0.2, 0.25) is 5.04 Å². The summed E-state index contributed by atoms with van der Waals surface area (Å²) in [6.45, 7) is 14.8. The van der Waals surface area contributed by atoms with Gasteiger partial charge in [0.1, 0.15) is 0 Å². The molecule has 0 aliphatic carbocycles. The lowest BCUT2D eigenvalue weighted by molar-refractivity contribution is 0.300. The SMILES string of the molecule is C=CC(C=C)CO[SiH2]C(C)(C)C. The first-order chi connectivity index (χ1) is 5.49. The van der Waals surface area contributed by atoms with E-state index in [9.17, 15) is 0 Å². The first kappa shape index (κ1) is 11.7. The summed E-state index contributed by atoms with van der Waals surface area (Å²) in [6.07, 6.45) is 3.76. The summed E-state index contributed by atoms with van der Waals surface area (Å²) in [7, 11) is -0.407. The molecule has 0 heterocycles. The summed E-state index contributed by atoms with van der Waals surface area (Å²) in [6, 6.07) is 0. The standard InChI is InChI=1S/C10H20OSi/c1-6-9(7-2)8-11-12-10(3,4)5/h6-7,9H,1-2,8,12H2,3-5H3. The van der Waals surface area contributed by atoms with Crippen molar-refractivity contribution < 1.29 is 4.43 Å². The summed E-state index contributed by atoms with van der Waals surface area (Å²) in [4.78, 5) is 0. The highest BCUT2D eigenvalue weighted by Gasteiger charge is 2.11. The molecule has 0 aromatic heterocycles. The van der Waals surface area contributed by atoms with E-state index in [4.69, 9.17) is 4.43 Å². The van der Waals surface area contributed by atoms with Gasteiger partial charge in [-0.2, -0.15) is 0 Å². The van der Waals surface area contributed by atoms with Crippen molar-refractivity contribution in [2.75, 3.05) is 6.61 Å². The molecule has 0 radical (unpaired) electrons. The zero-order valence-corrected chi connectivity index (χ0v) is 9.88. The molecule has 0 atom stereocenters. The summed E-state index contributed by atoms with van der Waals surface area (Å²) in [5, 5.41) is 0.382. The van der Waals surface area contributed by atoms with Gasteiger partial charge >= 0.3 is 0 Å². The van der Waals surface area contributed by atoms with Gasteiger partial charge in [-0.15, -0.1) is 13.2 Å². The molecule has 0 saturated heterocycles. The molecule has 1 nitrogen and oxygen atoms in total. The second-order valence-corrected chi connectivity index (χ2v) is 7.03. The molecule has 0 N–H and O–H groups in total.